The smallest absolute Gasteiger partial charge is 0.408 e. The molecule has 2 atom stereocenters. The summed E-state index contributed by atoms with van der Waals surface area (Å²) in [6.45, 7) is 3.99. The molecule has 0 bridgehead atoms. The summed E-state index contributed by atoms with van der Waals surface area (Å²) in [4.78, 5) is 27.6. The molecule has 172 valence electrons. The number of nitrogens with zero attached hydrogens (tertiary/aromatic N) is 1. The van der Waals surface area contributed by atoms with Crippen molar-refractivity contribution >= 4 is 33.3 Å². The van der Waals surface area contributed by atoms with E-state index in [0.717, 1.165) is 11.1 Å². The Kier molecular flexibility index (Phi) is 7.92. The van der Waals surface area contributed by atoms with Gasteiger partial charge in [0, 0.05) is 23.2 Å². The number of alkyl carbamates (subject to hydrolysis) is 1. The van der Waals surface area contributed by atoms with Crippen molar-refractivity contribution in [2.75, 3.05) is 18.1 Å². The Hall–Kier alpha value is -2.42. The lowest BCUT2D eigenvalue weighted by molar-refractivity contribution is 0.0619. The first kappa shape index (κ1) is 24.2. The van der Waals surface area contributed by atoms with Gasteiger partial charge in [-0.2, -0.15) is 0 Å². The predicted octanol–water partition coefficient (Wildman–Crippen LogP) is 3.59. The van der Waals surface area contributed by atoms with Crippen molar-refractivity contribution < 1.29 is 22.7 Å². The largest absolute Gasteiger partial charge is 0.450 e. The second-order valence-corrected chi connectivity index (χ2v) is 10.5. The summed E-state index contributed by atoms with van der Waals surface area (Å²) in [5, 5.41) is 3.23. The third-order valence-electron chi connectivity index (χ3n) is 5.40. The highest BCUT2D eigenvalue weighted by Crippen LogP contribution is 2.24. The Morgan fingerprint density at radius 3 is 2.38 bits per heavy atom. The first-order valence-corrected chi connectivity index (χ1v) is 12.6. The SMILES string of the molecule is CCOC(=O)NC(C(=O)c1ccc(C)cc1)N(Cc1ccc(Cl)cc1)C1CCS(=O)(=O)C1. The average molecular weight is 479 g/mol. The molecule has 0 aromatic heterocycles. The second kappa shape index (κ2) is 10.5. The monoisotopic (exact) mass is 478 g/mol. The number of Topliss-reactive ketones (excluding diaryl/α,β-unsaturated/α-hetero) is 1. The van der Waals surface area contributed by atoms with Crippen LogP contribution in [-0.4, -0.2) is 55.5 Å². The highest BCUT2D eigenvalue weighted by atomic mass is 35.5. The molecule has 1 fully saturated rings. The van der Waals surface area contributed by atoms with Crippen LogP contribution in [0.25, 0.3) is 0 Å². The van der Waals surface area contributed by atoms with Crippen LogP contribution in [0.5, 0.6) is 0 Å². The summed E-state index contributed by atoms with van der Waals surface area (Å²) in [5.74, 6) is -0.376. The lowest BCUT2D eigenvalue weighted by Crippen LogP contribution is -2.56. The molecule has 0 aliphatic carbocycles. The van der Waals surface area contributed by atoms with E-state index in [-0.39, 0.29) is 30.4 Å². The number of sulfone groups is 1. The number of hydrogen-bond acceptors (Lipinski definition) is 6. The number of hydrogen-bond donors (Lipinski definition) is 1. The Morgan fingerprint density at radius 1 is 1.16 bits per heavy atom. The van der Waals surface area contributed by atoms with E-state index in [9.17, 15) is 18.0 Å². The number of rotatable bonds is 8. The van der Waals surface area contributed by atoms with Crippen LogP contribution in [0.3, 0.4) is 0 Å². The number of aryl methyl sites for hydroxylation is 1. The molecule has 2 unspecified atom stereocenters. The van der Waals surface area contributed by atoms with Gasteiger partial charge in [0.2, 0.25) is 0 Å². The molecular formula is C23H27ClN2O5S. The molecule has 1 aliphatic rings. The van der Waals surface area contributed by atoms with Crippen LogP contribution in [0.4, 0.5) is 4.79 Å². The standard InChI is InChI=1S/C23H27ClN2O5S/c1-3-31-23(28)25-22(21(27)18-8-4-16(2)5-9-18)26(20-12-13-32(29,30)15-20)14-17-6-10-19(24)11-7-17/h4-11,20,22H,3,12-15H2,1-2H3,(H,25,28). The molecule has 1 saturated heterocycles. The second-order valence-electron chi connectivity index (χ2n) is 7.85. The van der Waals surface area contributed by atoms with Crippen molar-refractivity contribution in [3.05, 3.63) is 70.2 Å². The maximum Gasteiger partial charge on any atom is 0.408 e. The van der Waals surface area contributed by atoms with Crippen molar-refractivity contribution in [2.24, 2.45) is 0 Å². The van der Waals surface area contributed by atoms with Gasteiger partial charge in [-0.25, -0.2) is 13.2 Å². The van der Waals surface area contributed by atoms with Gasteiger partial charge in [-0.3, -0.25) is 15.0 Å². The Labute approximate surface area is 193 Å². The third-order valence-corrected chi connectivity index (χ3v) is 7.40. The molecule has 7 nitrogen and oxygen atoms in total. The topological polar surface area (TPSA) is 92.8 Å². The van der Waals surface area contributed by atoms with Crippen LogP contribution in [0.15, 0.2) is 48.5 Å². The van der Waals surface area contributed by atoms with Gasteiger partial charge in [-0.15, -0.1) is 0 Å². The maximum atomic E-state index is 13.5. The van der Waals surface area contributed by atoms with Crippen LogP contribution < -0.4 is 5.32 Å². The normalized spacial score (nSPS) is 18.3. The third kappa shape index (κ3) is 6.31. The zero-order valence-corrected chi connectivity index (χ0v) is 19.7. The molecule has 0 spiro atoms. The van der Waals surface area contributed by atoms with Crippen molar-refractivity contribution in [1.82, 2.24) is 10.2 Å². The van der Waals surface area contributed by atoms with Gasteiger partial charge in [0.15, 0.2) is 21.8 Å². The summed E-state index contributed by atoms with van der Waals surface area (Å²) in [6.07, 6.45) is -1.45. The lowest BCUT2D eigenvalue weighted by atomic mass is 10.0. The molecule has 3 rings (SSSR count). The molecule has 32 heavy (non-hydrogen) atoms. The van der Waals surface area contributed by atoms with Crippen molar-refractivity contribution in [3.63, 3.8) is 0 Å². The number of ether oxygens (including phenoxy) is 1. The van der Waals surface area contributed by atoms with Gasteiger partial charge in [-0.1, -0.05) is 53.6 Å². The van der Waals surface area contributed by atoms with E-state index in [0.29, 0.717) is 17.0 Å². The van der Waals surface area contributed by atoms with Crippen LogP contribution in [0.1, 0.15) is 34.8 Å². The minimum Gasteiger partial charge on any atom is -0.450 e. The molecule has 1 aliphatic heterocycles. The minimum absolute atomic E-state index is 0.0413. The maximum absolute atomic E-state index is 13.5. The Balaban J connectivity index is 1.99. The van der Waals surface area contributed by atoms with E-state index in [1.54, 1.807) is 36.1 Å². The van der Waals surface area contributed by atoms with Gasteiger partial charge < -0.3 is 4.74 Å². The molecule has 1 N–H and O–H groups in total. The van der Waals surface area contributed by atoms with Gasteiger partial charge in [0.1, 0.15) is 0 Å². The fourth-order valence-electron chi connectivity index (χ4n) is 3.73. The molecule has 1 heterocycles. The number of carbonyl (C=O) groups is 2. The quantitative estimate of drug-likeness (QED) is 0.460. The molecule has 1 amide bonds. The highest BCUT2D eigenvalue weighted by molar-refractivity contribution is 7.91. The zero-order chi connectivity index (χ0) is 23.3. The zero-order valence-electron chi connectivity index (χ0n) is 18.1. The summed E-state index contributed by atoms with van der Waals surface area (Å²) in [5.41, 5.74) is 2.25. The molecule has 0 saturated carbocycles. The number of carbonyl (C=O) groups excluding carboxylic acids is 2. The van der Waals surface area contributed by atoms with Crippen LogP contribution in [0, 0.1) is 6.92 Å². The van der Waals surface area contributed by atoms with Gasteiger partial charge >= 0.3 is 6.09 Å². The van der Waals surface area contributed by atoms with Gasteiger partial charge in [0.25, 0.3) is 0 Å². The van der Waals surface area contributed by atoms with E-state index in [1.165, 1.54) is 0 Å². The highest BCUT2D eigenvalue weighted by Gasteiger charge is 2.39. The van der Waals surface area contributed by atoms with E-state index < -0.39 is 28.1 Å². The first-order valence-electron chi connectivity index (χ1n) is 10.4. The molecule has 2 aromatic carbocycles. The van der Waals surface area contributed by atoms with E-state index in [2.05, 4.69) is 5.32 Å². The summed E-state index contributed by atoms with van der Waals surface area (Å²) in [6, 6.07) is 13.7. The first-order chi connectivity index (χ1) is 15.2. The van der Waals surface area contributed by atoms with Crippen molar-refractivity contribution in [1.29, 1.82) is 0 Å². The summed E-state index contributed by atoms with van der Waals surface area (Å²) in [7, 11) is -3.23. The van der Waals surface area contributed by atoms with Gasteiger partial charge in [-0.05, 0) is 38.0 Å². The van der Waals surface area contributed by atoms with Crippen molar-refractivity contribution in [3.8, 4) is 0 Å². The predicted molar refractivity (Wildman–Crippen MR) is 124 cm³/mol. The number of amides is 1. The Bertz CT molecular complexity index is 1050. The lowest BCUT2D eigenvalue weighted by Gasteiger charge is -2.35. The molecule has 0 radical (unpaired) electrons. The van der Waals surface area contributed by atoms with E-state index in [1.807, 2.05) is 31.2 Å². The summed E-state index contributed by atoms with van der Waals surface area (Å²) >= 11 is 6.00. The summed E-state index contributed by atoms with van der Waals surface area (Å²) < 4.78 is 29.5. The average Bonchev–Trinajstić information content (AvgIpc) is 3.11. The van der Waals surface area contributed by atoms with Crippen LogP contribution in [-0.2, 0) is 21.1 Å². The van der Waals surface area contributed by atoms with Crippen LogP contribution >= 0.6 is 11.6 Å². The van der Waals surface area contributed by atoms with Crippen LogP contribution in [0.2, 0.25) is 5.02 Å². The van der Waals surface area contributed by atoms with E-state index >= 15 is 0 Å². The Morgan fingerprint density at radius 2 is 1.81 bits per heavy atom. The van der Waals surface area contributed by atoms with Gasteiger partial charge in [0.05, 0.1) is 18.1 Å². The fraction of sp³-hybridized carbons (Fsp3) is 0.391. The number of nitrogens with one attached hydrogen (secondary N) is 1. The number of benzene rings is 2. The molecule has 2 aromatic rings. The molecule has 9 heteroatoms. The minimum atomic E-state index is -3.23. The number of ketones is 1. The number of halogens is 1. The molecular weight excluding hydrogens is 452 g/mol. The van der Waals surface area contributed by atoms with Crippen molar-refractivity contribution in [2.45, 2.75) is 39.0 Å². The van der Waals surface area contributed by atoms with E-state index in [4.69, 9.17) is 16.3 Å². The fourth-order valence-corrected chi connectivity index (χ4v) is 5.60.